The van der Waals surface area contributed by atoms with E-state index in [2.05, 4.69) is 10.0 Å². The second kappa shape index (κ2) is 9.15. The molecule has 1 aliphatic rings. The first-order valence-electron chi connectivity index (χ1n) is 9.95. The lowest BCUT2D eigenvalue weighted by molar-refractivity contribution is 0.356. The molecule has 3 rings (SSSR count). The van der Waals surface area contributed by atoms with Crippen molar-refractivity contribution in [2.75, 3.05) is 13.1 Å². The molecule has 2 aromatic rings. The molecule has 2 aromatic carbocycles. The van der Waals surface area contributed by atoms with Gasteiger partial charge in [-0.1, -0.05) is 49.6 Å². The van der Waals surface area contributed by atoms with Crippen LogP contribution >= 0.6 is 0 Å². The van der Waals surface area contributed by atoms with Gasteiger partial charge in [-0.25, -0.2) is 13.1 Å². The summed E-state index contributed by atoms with van der Waals surface area (Å²) >= 11 is 0. The number of aryl methyl sites for hydroxylation is 1. The van der Waals surface area contributed by atoms with Crippen LogP contribution in [-0.4, -0.2) is 33.6 Å². The highest BCUT2D eigenvalue weighted by molar-refractivity contribution is 7.89. The number of rotatable bonds is 8. The van der Waals surface area contributed by atoms with Gasteiger partial charge >= 0.3 is 0 Å². The van der Waals surface area contributed by atoms with Crippen LogP contribution in [0.25, 0.3) is 10.8 Å². The van der Waals surface area contributed by atoms with Gasteiger partial charge in [-0.15, -0.1) is 0 Å². The third-order valence-corrected chi connectivity index (χ3v) is 7.07. The monoisotopic (exact) mass is 389 g/mol. The lowest BCUT2D eigenvalue weighted by atomic mass is 9.95. The van der Waals surface area contributed by atoms with E-state index in [4.69, 9.17) is 5.73 Å². The Bertz CT molecular complexity index is 861. The van der Waals surface area contributed by atoms with Gasteiger partial charge in [-0.2, -0.15) is 0 Å². The molecule has 1 saturated carbocycles. The zero-order chi connectivity index (χ0) is 19.3. The molecule has 1 fully saturated rings. The lowest BCUT2D eigenvalue weighted by Gasteiger charge is -2.26. The maximum Gasteiger partial charge on any atom is 0.241 e. The first-order valence-corrected chi connectivity index (χ1v) is 11.4. The molecule has 0 amide bonds. The molecule has 27 heavy (non-hydrogen) atoms. The van der Waals surface area contributed by atoms with Crippen molar-refractivity contribution in [3.05, 3.63) is 42.0 Å². The summed E-state index contributed by atoms with van der Waals surface area (Å²) in [5.74, 6) is 0. The Morgan fingerprint density at radius 1 is 1.07 bits per heavy atom. The summed E-state index contributed by atoms with van der Waals surface area (Å²) < 4.78 is 29.1. The predicted octanol–water partition coefficient (Wildman–Crippen LogP) is 3.07. The zero-order valence-corrected chi connectivity index (χ0v) is 16.9. The number of nitrogens with two attached hydrogens (primary N) is 1. The number of fused-ring (bicyclic) bond motifs is 1. The van der Waals surface area contributed by atoms with Crippen LogP contribution in [0.2, 0.25) is 0 Å². The fraction of sp³-hybridized carbons (Fsp3) is 0.524. The molecule has 5 nitrogen and oxygen atoms in total. The number of benzene rings is 2. The minimum Gasteiger partial charge on any atom is -0.330 e. The molecule has 1 unspecified atom stereocenters. The molecule has 4 N–H and O–H groups in total. The molecule has 148 valence electrons. The van der Waals surface area contributed by atoms with Crippen molar-refractivity contribution in [3.63, 3.8) is 0 Å². The minimum absolute atomic E-state index is 0.206. The molecular weight excluding hydrogens is 358 g/mol. The third kappa shape index (κ3) is 5.08. The zero-order valence-electron chi connectivity index (χ0n) is 16.1. The average molecular weight is 390 g/mol. The van der Waals surface area contributed by atoms with Crippen LogP contribution in [0.3, 0.4) is 0 Å². The molecule has 0 spiro atoms. The average Bonchev–Trinajstić information content (AvgIpc) is 2.67. The van der Waals surface area contributed by atoms with Crippen molar-refractivity contribution < 1.29 is 8.42 Å². The first kappa shape index (κ1) is 20.3. The Kier molecular flexibility index (Phi) is 6.87. The van der Waals surface area contributed by atoms with Gasteiger partial charge in [0.1, 0.15) is 0 Å². The van der Waals surface area contributed by atoms with E-state index >= 15 is 0 Å². The summed E-state index contributed by atoms with van der Waals surface area (Å²) in [6.07, 6.45) is 6.76. The van der Waals surface area contributed by atoms with E-state index in [0.717, 1.165) is 16.3 Å². The number of nitrogens with one attached hydrogen (secondary N) is 2. The van der Waals surface area contributed by atoms with Crippen LogP contribution in [0.15, 0.2) is 41.3 Å². The standard InChI is InChI=1S/C21H31N3O2S/c1-16-11-12-21(20-10-6-5-9-19(16)20)27(25,26)24-18(13-14-22)15-23-17-7-3-2-4-8-17/h5-6,9-12,17-18,23-24H,2-4,7-8,13-15,22H2,1H3. The summed E-state index contributed by atoms with van der Waals surface area (Å²) in [6, 6.07) is 11.5. The maximum atomic E-state index is 13.1. The van der Waals surface area contributed by atoms with Gasteiger partial charge in [-0.3, -0.25) is 0 Å². The van der Waals surface area contributed by atoms with Gasteiger partial charge in [0.05, 0.1) is 4.90 Å². The highest BCUT2D eigenvalue weighted by atomic mass is 32.2. The summed E-state index contributed by atoms with van der Waals surface area (Å²) in [5, 5.41) is 5.27. The topological polar surface area (TPSA) is 84.2 Å². The van der Waals surface area contributed by atoms with E-state index < -0.39 is 10.0 Å². The third-order valence-electron chi connectivity index (χ3n) is 5.49. The van der Waals surface area contributed by atoms with Crippen molar-refractivity contribution in [2.45, 2.75) is 62.4 Å². The summed E-state index contributed by atoms with van der Waals surface area (Å²) in [5.41, 5.74) is 6.81. The van der Waals surface area contributed by atoms with Crippen molar-refractivity contribution in [3.8, 4) is 0 Å². The quantitative estimate of drug-likeness (QED) is 0.648. The van der Waals surface area contributed by atoms with E-state index in [1.165, 1.54) is 32.1 Å². The fourth-order valence-corrected chi connectivity index (χ4v) is 5.44. The molecule has 0 bridgehead atoms. The van der Waals surface area contributed by atoms with Gasteiger partial charge < -0.3 is 11.1 Å². The Morgan fingerprint density at radius 3 is 2.48 bits per heavy atom. The second-order valence-electron chi connectivity index (χ2n) is 7.56. The van der Waals surface area contributed by atoms with E-state index in [9.17, 15) is 8.42 Å². The normalized spacial score (nSPS) is 17.3. The SMILES string of the molecule is Cc1ccc(S(=O)(=O)NC(CCN)CNC2CCCCC2)c2ccccc12. The maximum absolute atomic E-state index is 13.1. The molecule has 0 heterocycles. The van der Waals surface area contributed by atoms with Gasteiger partial charge in [0.15, 0.2) is 0 Å². The fourth-order valence-electron chi connectivity index (χ4n) is 3.96. The molecule has 0 saturated heterocycles. The van der Waals surface area contributed by atoms with Gasteiger partial charge in [0.2, 0.25) is 10.0 Å². The van der Waals surface area contributed by atoms with Crippen molar-refractivity contribution >= 4 is 20.8 Å². The highest BCUT2D eigenvalue weighted by Crippen LogP contribution is 2.26. The molecule has 6 heteroatoms. The highest BCUT2D eigenvalue weighted by Gasteiger charge is 2.23. The molecule has 1 atom stereocenters. The smallest absolute Gasteiger partial charge is 0.241 e. The Balaban J connectivity index is 1.77. The summed E-state index contributed by atoms with van der Waals surface area (Å²) in [4.78, 5) is 0.336. The number of hydrogen-bond acceptors (Lipinski definition) is 4. The minimum atomic E-state index is -3.62. The Hall–Kier alpha value is -1.47. The second-order valence-corrected chi connectivity index (χ2v) is 9.25. The van der Waals surface area contributed by atoms with Crippen molar-refractivity contribution in [1.82, 2.24) is 10.0 Å². The largest absolute Gasteiger partial charge is 0.330 e. The van der Waals surface area contributed by atoms with Crippen LogP contribution in [-0.2, 0) is 10.0 Å². The molecule has 1 aliphatic carbocycles. The predicted molar refractivity (Wildman–Crippen MR) is 111 cm³/mol. The van der Waals surface area contributed by atoms with Crippen LogP contribution in [0.1, 0.15) is 44.1 Å². The molecule has 0 radical (unpaired) electrons. The molecule has 0 aliphatic heterocycles. The first-order chi connectivity index (χ1) is 13.0. The van der Waals surface area contributed by atoms with E-state index in [-0.39, 0.29) is 6.04 Å². The number of hydrogen-bond donors (Lipinski definition) is 3. The number of sulfonamides is 1. The van der Waals surface area contributed by atoms with Gasteiger partial charge in [-0.05, 0) is 49.7 Å². The van der Waals surface area contributed by atoms with E-state index in [1.54, 1.807) is 6.07 Å². The summed E-state index contributed by atoms with van der Waals surface area (Å²) in [7, 11) is -3.62. The van der Waals surface area contributed by atoms with Crippen molar-refractivity contribution in [1.29, 1.82) is 0 Å². The van der Waals surface area contributed by atoms with Crippen LogP contribution in [0.4, 0.5) is 0 Å². The molecule has 0 aromatic heterocycles. The lowest BCUT2D eigenvalue weighted by Crippen LogP contribution is -2.46. The van der Waals surface area contributed by atoms with E-state index in [0.29, 0.717) is 30.4 Å². The Morgan fingerprint density at radius 2 is 1.78 bits per heavy atom. The molecular formula is C21H31N3O2S. The summed E-state index contributed by atoms with van der Waals surface area (Å²) in [6.45, 7) is 3.07. The van der Waals surface area contributed by atoms with E-state index in [1.807, 2.05) is 37.3 Å². The van der Waals surface area contributed by atoms with Crippen LogP contribution in [0, 0.1) is 6.92 Å². The van der Waals surface area contributed by atoms with Crippen molar-refractivity contribution in [2.24, 2.45) is 5.73 Å². The van der Waals surface area contributed by atoms with Crippen LogP contribution < -0.4 is 15.8 Å². The van der Waals surface area contributed by atoms with Crippen LogP contribution in [0.5, 0.6) is 0 Å². The van der Waals surface area contributed by atoms with Gasteiger partial charge in [0, 0.05) is 24.0 Å². The van der Waals surface area contributed by atoms with Gasteiger partial charge in [0.25, 0.3) is 0 Å². The Labute approximate surface area is 162 Å².